The Hall–Kier alpha value is -0.350. The summed E-state index contributed by atoms with van der Waals surface area (Å²) >= 11 is 7.22. The number of hydrogen-bond acceptors (Lipinski definition) is 4. The predicted octanol–water partition coefficient (Wildman–Crippen LogP) is 1.99. The van der Waals surface area contributed by atoms with E-state index in [0.29, 0.717) is 11.9 Å². The number of rotatable bonds is 4. The van der Waals surface area contributed by atoms with Crippen molar-refractivity contribution in [2.24, 2.45) is 0 Å². The van der Waals surface area contributed by atoms with Crippen molar-refractivity contribution in [2.75, 3.05) is 17.3 Å². The Morgan fingerprint density at radius 3 is 2.83 bits per heavy atom. The Kier molecular flexibility index (Phi) is 3.75. The van der Waals surface area contributed by atoms with E-state index in [9.17, 15) is 0 Å². The highest BCUT2D eigenvalue weighted by atomic mass is 35.5. The highest BCUT2D eigenvalue weighted by Gasteiger charge is 2.11. The van der Waals surface area contributed by atoms with E-state index in [1.54, 1.807) is 16.8 Å². The summed E-state index contributed by atoms with van der Waals surface area (Å²) < 4.78 is 0. The molecule has 1 aromatic rings. The van der Waals surface area contributed by atoms with E-state index in [-0.39, 0.29) is 0 Å². The van der Waals surface area contributed by atoms with E-state index in [1.165, 1.54) is 0 Å². The number of aromatic nitrogens is 2. The maximum Gasteiger partial charge on any atom is 0.208 e. The zero-order chi connectivity index (χ0) is 8.97. The Bertz CT molecular complexity index is 212. The molecule has 0 amide bonds. The summed E-state index contributed by atoms with van der Waals surface area (Å²) in [6.07, 6.45) is 0. The quantitative estimate of drug-likeness (QED) is 0.705. The van der Waals surface area contributed by atoms with Crippen molar-refractivity contribution in [1.29, 1.82) is 0 Å². The normalized spacial score (nSPS) is 10.7. The molecule has 1 aromatic heterocycles. The van der Waals surface area contributed by atoms with Crippen LogP contribution in [0.5, 0.6) is 0 Å². The van der Waals surface area contributed by atoms with Crippen LogP contribution < -0.4 is 4.90 Å². The third kappa shape index (κ3) is 2.32. The molecule has 3 nitrogen and oxygen atoms in total. The van der Waals surface area contributed by atoms with Crippen LogP contribution in [-0.4, -0.2) is 28.7 Å². The van der Waals surface area contributed by atoms with Crippen LogP contribution in [0, 0.1) is 0 Å². The van der Waals surface area contributed by atoms with Crippen LogP contribution in [-0.2, 0) is 0 Å². The van der Waals surface area contributed by atoms with E-state index in [4.69, 9.17) is 11.6 Å². The minimum atomic E-state index is 0.428. The van der Waals surface area contributed by atoms with Crippen molar-refractivity contribution < 1.29 is 0 Å². The van der Waals surface area contributed by atoms with Crippen LogP contribution >= 0.6 is 22.9 Å². The zero-order valence-corrected chi connectivity index (χ0v) is 8.77. The Balaban J connectivity index is 2.66. The molecule has 0 aliphatic carbocycles. The number of halogens is 1. The van der Waals surface area contributed by atoms with Crippen LogP contribution in [0.15, 0.2) is 5.51 Å². The number of anilines is 1. The van der Waals surface area contributed by atoms with Gasteiger partial charge in [0.25, 0.3) is 0 Å². The first-order chi connectivity index (χ1) is 5.75. The van der Waals surface area contributed by atoms with Gasteiger partial charge in [-0.2, -0.15) is 0 Å². The van der Waals surface area contributed by atoms with Gasteiger partial charge >= 0.3 is 0 Å². The molecule has 1 heterocycles. The molecule has 5 heteroatoms. The van der Waals surface area contributed by atoms with Gasteiger partial charge in [0.2, 0.25) is 5.13 Å². The molecular formula is C7H12ClN3S. The monoisotopic (exact) mass is 205 g/mol. The van der Waals surface area contributed by atoms with Gasteiger partial charge < -0.3 is 4.90 Å². The van der Waals surface area contributed by atoms with E-state index in [0.717, 1.165) is 11.7 Å². The van der Waals surface area contributed by atoms with Crippen molar-refractivity contribution in [2.45, 2.75) is 19.9 Å². The second-order valence-corrected chi connectivity index (χ2v) is 3.89. The Morgan fingerprint density at radius 1 is 1.67 bits per heavy atom. The molecule has 0 aromatic carbocycles. The van der Waals surface area contributed by atoms with Crippen molar-refractivity contribution in [3.8, 4) is 0 Å². The van der Waals surface area contributed by atoms with E-state index < -0.39 is 0 Å². The average molecular weight is 206 g/mol. The van der Waals surface area contributed by atoms with Crippen LogP contribution in [0.4, 0.5) is 5.13 Å². The molecule has 0 saturated heterocycles. The fourth-order valence-electron chi connectivity index (χ4n) is 0.958. The maximum absolute atomic E-state index is 5.67. The van der Waals surface area contributed by atoms with Gasteiger partial charge in [-0.25, -0.2) is 0 Å². The number of alkyl halides is 1. The molecule has 0 aliphatic rings. The van der Waals surface area contributed by atoms with Gasteiger partial charge in [-0.05, 0) is 13.8 Å². The van der Waals surface area contributed by atoms with Crippen LogP contribution in [0.2, 0.25) is 0 Å². The first kappa shape index (κ1) is 9.74. The average Bonchev–Trinajstić information content (AvgIpc) is 2.51. The molecular weight excluding hydrogens is 194 g/mol. The lowest BCUT2D eigenvalue weighted by molar-refractivity contribution is 0.698. The van der Waals surface area contributed by atoms with E-state index in [2.05, 4.69) is 28.9 Å². The summed E-state index contributed by atoms with van der Waals surface area (Å²) in [5.74, 6) is 0.623. The molecule has 0 atom stereocenters. The van der Waals surface area contributed by atoms with Crippen LogP contribution in [0.3, 0.4) is 0 Å². The second-order valence-electron chi connectivity index (χ2n) is 2.70. The minimum Gasteiger partial charge on any atom is -0.343 e. The van der Waals surface area contributed by atoms with Crippen molar-refractivity contribution in [3.05, 3.63) is 5.51 Å². The van der Waals surface area contributed by atoms with E-state index in [1.807, 2.05) is 0 Å². The molecule has 12 heavy (non-hydrogen) atoms. The molecule has 0 aliphatic heterocycles. The molecule has 0 radical (unpaired) electrons. The van der Waals surface area contributed by atoms with Crippen molar-refractivity contribution in [3.63, 3.8) is 0 Å². The van der Waals surface area contributed by atoms with Gasteiger partial charge in [-0.1, -0.05) is 11.3 Å². The zero-order valence-electron chi connectivity index (χ0n) is 7.20. The predicted molar refractivity (Wildman–Crippen MR) is 53.1 cm³/mol. The number of nitrogens with zero attached hydrogens (tertiary/aromatic N) is 3. The van der Waals surface area contributed by atoms with Gasteiger partial charge in [-0.15, -0.1) is 21.8 Å². The third-order valence-electron chi connectivity index (χ3n) is 1.54. The SMILES string of the molecule is CC(C)N(CCCl)c1nncs1. The fraction of sp³-hybridized carbons (Fsp3) is 0.714. The molecule has 1 rings (SSSR count). The molecule has 68 valence electrons. The summed E-state index contributed by atoms with van der Waals surface area (Å²) in [6.45, 7) is 5.07. The van der Waals surface area contributed by atoms with Gasteiger partial charge in [0.15, 0.2) is 0 Å². The van der Waals surface area contributed by atoms with Crippen LogP contribution in [0.25, 0.3) is 0 Å². The molecule has 0 unspecified atom stereocenters. The lowest BCUT2D eigenvalue weighted by Gasteiger charge is -2.24. The Morgan fingerprint density at radius 2 is 2.42 bits per heavy atom. The third-order valence-corrected chi connectivity index (χ3v) is 2.44. The molecule has 0 saturated carbocycles. The maximum atomic E-state index is 5.67. The summed E-state index contributed by atoms with van der Waals surface area (Å²) in [7, 11) is 0. The van der Waals surface area contributed by atoms with Crippen molar-refractivity contribution >= 4 is 28.1 Å². The van der Waals surface area contributed by atoms with Gasteiger partial charge in [-0.3, -0.25) is 0 Å². The summed E-state index contributed by atoms with van der Waals surface area (Å²) in [5, 5.41) is 8.73. The number of hydrogen-bond donors (Lipinski definition) is 0. The lowest BCUT2D eigenvalue weighted by atomic mass is 10.3. The Labute approximate surface area is 81.4 Å². The first-order valence-electron chi connectivity index (χ1n) is 3.84. The smallest absolute Gasteiger partial charge is 0.208 e. The minimum absolute atomic E-state index is 0.428. The van der Waals surface area contributed by atoms with Gasteiger partial charge in [0.1, 0.15) is 5.51 Å². The largest absolute Gasteiger partial charge is 0.343 e. The van der Waals surface area contributed by atoms with Gasteiger partial charge in [0, 0.05) is 18.5 Å². The van der Waals surface area contributed by atoms with Gasteiger partial charge in [0.05, 0.1) is 0 Å². The molecule has 0 spiro atoms. The fourth-order valence-corrected chi connectivity index (χ4v) is 1.86. The summed E-state index contributed by atoms with van der Waals surface area (Å²) in [5.41, 5.74) is 1.74. The first-order valence-corrected chi connectivity index (χ1v) is 5.26. The highest BCUT2D eigenvalue weighted by Crippen LogP contribution is 2.17. The molecule has 0 N–H and O–H groups in total. The molecule has 0 bridgehead atoms. The van der Waals surface area contributed by atoms with Crippen LogP contribution in [0.1, 0.15) is 13.8 Å². The summed E-state index contributed by atoms with van der Waals surface area (Å²) in [4.78, 5) is 2.14. The molecule has 0 fully saturated rings. The topological polar surface area (TPSA) is 29.0 Å². The van der Waals surface area contributed by atoms with Crippen molar-refractivity contribution in [1.82, 2.24) is 10.2 Å². The highest BCUT2D eigenvalue weighted by molar-refractivity contribution is 7.13. The lowest BCUT2D eigenvalue weighted by Crippen LogP contribution is -2.32. The second kappa shape index (κ2) is 4.62. The summed E-state index contributed by atoms with van der Waals surface area (Å²) in [6, 6.07) is 0.428. The standard InChI is InChI=1S/C7H12ClN3S/c1-6(2)11(4-3-8)7-10-9-5-12-7/h5-6H,3-4H2,1-2H3. The van der Waals surface area contributed by atoms with E-state index >= 15 is 0 Å².